The van der Waals surface area contributed by atoms with Crippen LogP contribution in [0.2, 0.25) is 0 Å². The number of carbonyl (C=O) groups is 1. The highest BCUT2D eigenvalue weighted by atomic mass is 16.7. The Bertz CT molecular complexity index is 1290. The molecule has 2 aromatic carbocycles. The standard InChI is InChI=1S/C38H51N3O4/c1-3-16-41(33-6-4-5-7-33)23-34-25(2)35(30-10-8-26(24-42)9-11-30)45-36(44-34)31-12-14-32(15-13-31)39-37(43)40-38-20-27-17-28(21-38)19-29(18-27)22-38/h3,8-15,25,27-29,33-36,42H,1,4-7,16-24H2,2H3,(H2,39,40,43)/t25-,27?,28?,29?,34+,35+,36+,38?/m1/s1. The lowest BCUT2D eigenvalue weighted by molar-refractivity contribution is -0.276. The summed E-state index contributed by atoms with van der Waals surface area (Å²) in [5.41, 5.74) is 3.67. The number of benzene rings is 2. The van der Waals surface area contributed by atoms with Crippen molar-refractivity contribution in [3.63, 3.8) is 0 Å². The third kappa shape index (κ3) is 6.73. The number of amides is 2. The topological polar surface area (TPSA) is 83.1 Å². The lowest BCUT2D eigenvalue weighted by Gasteiger charge is -2.56. The lowest BCUT2D eigenvalue weighted by Crippen LogP contribution is -2.60. The highest BCUT2D eigenvalue weighted by molar-refractivity contribution is 5.89. The van der Waals surface area contributed by atoms with Gasteiger partial charge in [-0.1, -0.05) is 62.2 Å². The normalized spacial score (nSPS) is 34.2. The molecule has 7 heteroatoms. The van der Waals surface area contributed by atoms with E-state index in [1.165, 1.54) is 44.9 Å². The van der Waals surface area contributed by atoms with Gasteiger partial charge in [0.15, 0.2) is 6.29 Å². The quantitative estimate of drug-likeness (QED) is 0.242. The zero-order chi connectivity index (χ0) is 31.0. The molecule has 5 aliphatic carbocycles. The summed E-state index contributed by atoms with van der Waals surface area (Å²) in [5, 5.41) is 16.1. The Morgan fingerprint density at radius 1 is 0.956 bits per heavy atom. The van der Waals surface area contributed by atoms with Crippen molar-refractivity contribution in [2.75, 3.05) is 18.4 Å². The van der Waals surface area contributed by atoms with Crippen molar-refractivity contribution in [1.82, 2.24) is 10.2 Å². The number of carbonyl (C=O) groups excluding carboxylic acids is 1. The van der Waals surface area contributed by atoms with Crippen molar-refractivity contribution in [2.45, 2.75) is 108 Å². The summed E-state index contributed by atoms with van der Waals surface area (Å²) in [6, 6.07) is 16.5. The smallest absolute Gasteiger partial charge is 0.319 e. The van der Waals surface area contributed by atoms with Crippen LogP contribution in [0.15, 0.2) is 61.2 Å². The number of nitrogens with zero attached hydrogens (tertiary/aromatic N) is 1. The Labute approximate surface area is 268 Å². The first kappa shape index (κ1) is 30.9. The van der Waals surface area contributed by atoms with Gasteiger partial charge in [0.05, 0.1) is 18.8 Å². The van der Waals surface area contributed by atoms with Crippen molar-refractivity contribution in [3.05, 3.63) is 77.9 Å². The van der Waals surface area contributed by atoms with Crippen molar-refractivity contribution < 1.29 is 19.4 Å². The van der Waals surface area contributed by atoms with Crippen LogP contribution in [0.1, 0.15) is 100 Å². The van der Waals surface area contributed by atoms with Gasteiger partial charge in [-0.2, -0.15) is 0 Å². The summed E-state index contributed by atoms with van der Waals surface area (Å²) in [4.78, 5) is 15.7. The van der Waals surface area contributed by atoms with Gasteiger partial charge in [0.2, 0.25) is 0 Å². The molecule has 5 saturated carbocycles. The summed E-state index contributed by atoms with van der Waals surface area (Å²) in [5.74, 6) is 2.49. The molecule has 0 aromatic heterocycles. The van der Waals surface area contributed by atoms with E-state index in [4.69, 9.17) is 9.47 Å². The molecule has 0 unspecified atom stereocenters. The summed E-state index contributed by atoms with van der Waals surface area (Å²) in [7, 11) is 0. The highest BCUT2D eigenvalue weighted by Crippen LogP contribution is 2.55. The second-order valence-corrected chi connectivity index (χ2v) is 14.9. The van der Waals surface area contributed by atoms with E-state index in [1.54, 1.807) is 0 Å². The minimum absolute atomic E-state index is 0.0172. The summed E-state index contributed by atoms with van der Waals surface area (Å²) < 4.78 is 13.5. The van der Waals surface area contributed by atoms with Gasteiger partial charge < -0.3 is 25.2 Å². The summed E-state index contributed by atoms with van der Waals surface area (Å²) >= 11 is 0. The van der Waals surface area contributed by atoms with Gasteiger partial charge in [0.1, 0.15) is 0 Å². The molecule has 7 nitrogen and oxygen atoms in total. The highest BCUT2D eigenvalue weighted by Gasteiger charge is 2.51. The molecule has 4 bridgehead atoms. The maximum Gasteiger partial charge on any atom is 0.319 e. The van der Waals surface area contributed by atoms with Crippen LogP contribution in [-0.2, 0) is 16.1 Å². The molecule has 242 valence electrons. The van der Waals surface area contributed by atoms with Crippen LogP contribution >= 0.6 is 0 Å². The van der Waals surface area contributed by atoms with Gasteiger partial charge in [0, 0.05) is 41.8 Å². The molecule has 1 heterocycles. The lowest BCUT2D eigenvalue weighted by atomic mass is 9.53. The fraction of sp³-hybridized carbons (Fsp3) is 0.605. The van der Waals surface area contributed by atoms with Crippen LogP contribution in [0.25, 0.3) is 0 Å². The SMILES string of the molecule is C=CCN(C[C@@H]1O[C@H](c2ccc(NC(=O)NC34CC5CC(CC(C5)C3)C4)cc2)O[C@H](c2ccc(CO)cc2)[C@@H]1C)C1CCCC1. The molecule has 6 aliphatic rings. The van der Waals surface area contributed by atoms with E-state index in [0.717, 1.165) is 72.5 Å². The molecule has 4 atom stereocenters. The third-order valence-electron chi connectivity index (χ3n) is 11.6. The van der Waals surface area contributed by atoms with Gasteiger partial charge in [-0.15, -0.1) is 6.58 Å². The molecule has 0 radical (unpaired) electrons. The molecule has 2 amide bonds. The first-order valence-corrected chi connectivity index (χ1v) is 17.4. The van der Waals surface area contributed by atoms with E-state index in [0.29, 0.717) is 6.04 Å². The Morgan fingerprint density at radius 3 is 2.18 bits per heavy atom. The van der Waals surface area contributed by atoms with Gasteiger partial charge in [-0.05, 0) is 92.4 Å². The fourth-order valence-corrected chi connectivity index (χ4v) is 9.76. The van der Waals surface area contributed by atoms with E-state index < -0.39 is 6.29 Å². The van der Waals surface area contributed by atoms with Gasteiger partial charge in [0.25, 0.3) is 0 Å². The zero-order valence-corrected chi connectivity index (χ0v) is 26.8. The van der Waals surface area contributed by atoms with Crippen molar-refractivity contribution in [3.8, 4) is 0 Å². The largest absolute Gasteiger partial charge is 0.392 e. The van der Waals surface area contributed by atoms with E-state index in [-0.39, 0.29) is 36.3 Å². The minimum Gasteiger partial charge on any atom is -0.392 e. The second-order valence-electron chi connectivity index (χ2n) is 14.9. The molecule has 45 heavy (non-hydrogen) atoms. The number of aliphatic hydroxyl groups is 1. The second kappa shape index (κ2) is 13.2. The first-order valence-electron chi connectivity index (χ1n) is 17.4. The Balaban J connectivity index is 1.05. The number of ether oxygens (including phenoxy) is 2. The van der Waals surface area contributed by atoms with Crippen LogP contribution in [0.4, 0.5) is 10.5 Å². The van der Waals surface area contributed by atoms with Gasteiger partial charge in [-0.3, -0.25) is 4.90 Å². The third-order valence-corrected chi connectivity index (χ3v) is 11.6. The van der Waals surface area contributed by atoms with E-state index in [2.05, 4.69) is 41.2 Å². The van der Waals surface area contributed by atoms with Crippen LogP contribution in [0, 0.1) is 23.7 Å². The van der Waals surface area contributed by atoms with Crippen LogP contribution in [-0.4, -0.2) is 46.8 Å². The summed E-state index contributed by atoms with van der Waals surface area (Å²) in [6.45, 7) is 7.97. The Hall–Kier alpha value is -2.71. The number of nitrogens with one attached hydrogen (secondary N) is 2. The molecule has 8 rings (SSSR count). The molecular formula is C38H51N3O4. The van der Waals surface area contributed by atoms with Crippen LogP contribution in [0.5, 0.6) is 0 Å². The van der Waals surface area contributed by atoms with Crippen molar-refractivity contribution in [1.29, 1.82) is 0 Å². The van der Waals surface area contributed by atoms with E-state index >= 15 is 0 Å². The number of urea groups is 1. The van der Waals surface area contributed by atoms with Gasteiger partial charge in [-0.25, -0.2) is 4.79 Å². The number of anilines is 1. The Morgan fingerprint density at radius 2 is 1.58 bits per heavy atom. The summed E-state index contributed by atoms with van der Waals surface area (Å²) in [6.07, 6.45) is 13.8. The van der Waals surface area contributed by atoms with Crippen LogP contribution < -0.4 is 10.6 Å². The van der Waals surface area contributed by atoms with Crippen molar-refractivity contribution >= 4 is 11.7 Å². The van der Waals surface area contributed by atoms with E-state index in [1.807, 2.05) is 42.5 Å². The molecule has 1 aliphatic heterocycles. The average molecular weight is 614 g/mol. The minimum atomic E-state index is -0.530. The first-order chi connectivity index (χ1) is 21.9. The molecular weight excluding hydrogens is 562 g/mol. The maximum absolute atomic E-state index is 13.2. The molecule has 3 N–H and O–H groups in total. The number of hydrogen-bond donors (Lipinski definition) is 3. The molecule has 1 saturated heterocycles. The molecule has 6 fully saturated rings. The average Bonchev–Trinajstić information content (AvgIpc) is 3.56. The number of rotatable bonds is 10. The maximum atomic E-state index is 13.2. The van der Waals surface area contributed by atoms with Crippen LogP contribution in [0.3, 0.4) is 0 Å². The zero-order valence-electron chi connectivity index (χ0n) is 26.8. The number of aliphatic hydroxyl groups excluding tert-OH is 1. The fourth-order valence-electron chi connectivity index (χ4n) is 9.76. The van der Waals surface area contributed by atoms with E-state index in [9.17, 15) is 9.90 Å². The van der Waals surface area contributed by atoms with Crippen molar-refractivity contribution in [2.24, 2.45) is 23.7 Å². The number of hydrogen-bond acceptors (Lipinski definition) is 5. The molecule has 2 aromatic rings. The Kier molecular flexibility index (Phi) is 9.06. The molecule has 0 spiro atoms. The van der Waals surface area contributed by atoms with Gasteiger partial charge >= 0.3 is 6.03 Å². The predicted molar refractivity (Wildman–Crippen MR) is 176 cm³/mol. The predicted octanol–water partition coefficient (Wildman–Crippen LogP) is 7.49. The monoisotopic (exact) mass is 613 g/mol.